The quantitative estimate of drug-likeness (QED) is 0.384. The zero-order chi connectivity index (χ0) is 27.1. The molecule has 1 atom stereocenters. The lowest BCUT2D eigenvalue weighted by Gasteiger charge is -2.27. The molecule has 2 amide bonds. The number of carboxylic acid groups (broad SMARTS) is 1. The Morgan fingerprint density at radius 3 is 2.22 bits per heavy atom. The van der Waals surface area contributed by atoms with E-state index in [1.165, 1.54) is 4.90 Å². The zero-order valence-corrected chi connectivity index (χ0v) is 22.4. The van der Waals surface area contributed by atoms with E-state index in [1.54, 1.807) is 38.1 Å². The number of carbonyl (C=O) groups excluding carboxylic acids is 2. The Labute approximate surface area is 222 Å². The smallest absolute Gasteiger partial charge is 0.326 e. The van der Waals surface area contributed by atoms with Crippen LogP contribution in [0.3, 0.4) is 0 Å². The Hall–Kier alpha value is -3.64. The zero-order valence-electron chi connectivity index (χ0n) is 21.6. The molecule has 0 aromatic heterocycles. The highest BCUT2D eigenvalue weighted by atomic mass is 35.5. The number of benzene rings is 3. The molecule has 4 rings (SSSR count). The molecule has 3 aromatic carbocycles. The van der Waals surface area contributed by atoms with Crippen LogP contribution in [0.5, 0.6) is 0 Å². The molecule has 1 heterocycles. The van der Waals surface area contributed by atoms with Crippen molar-refractivity contribution >= 4 is 35.1 Å². The molecular formula is C30H31ClN2O4. The number of aliphatic carboxylic acids is 1. The van der Waals surface area contributed by atoms with Gasteiger partial charge in [-0.15, -0.1) is 0 Å². The first kappa shape index (κ1) is 26.4. The van der Waals surface area contributed by atoms with Crippen LogP contribution in [0.25, 0.3) is 11.1 Å². The largest absolute Gasteiger partial charge is 0.480 e. The van der Waals surface area contributed by atoms with E-state index in [4.69, 9.17) is 11.6 Å². The molecule has 1 aliphatic heterocycles. The fourth-order valence-corrected chi connectivity index (χ4v) is 4.94. The monoisotopic (exact) mass is 518 g/mol. The van der Waals surface area contributed by atoms with Crippen molar-refractivity contribution in [3.8, 4) is 11.1 Å². The molecule has 7 heteroatoms. The van der Waals surface area contributed by atoms with Gasteiger partial charge in [-0.25, -0.2) is 4.79 Å². The second-order valence-corrected chi connectivity index (χ2v) is 11.2. The van der Waals surface area contributed by atoms with E-state index in [0.29, 0.717) is 27.4 Å². The summed E-state index contributed by atoms with van der Waals surface area (Å²) in [6, 6.07) is 17.4. The van der Waals surface area contributed by atoms with Crippen molar-refractivity contribution in [2.24, 2.45) is 5.92 Å². The van der Waals surface area contributed by atoms with E-state index in [1.807, 2.05) is 36.4 Å². The summed E-state index contributed by atoms with van der Waals surface area (Å²) >= 11 is 6.59. The minimum Gasteiger partial charge on any atom is -0.480 e. The van der Waals surface area contributed by atoms with Crippen LogP contribution in [0, 0.1) is 5.92 Å². The van der Waals surface area contributed by atoms with E-state index in [2.05, 4.69) is 26.1 Å². The van der Waals surface area contributed by atoms with Gasteiger partial charge in [-0.1, -0.05) is 76.6 Å². The van der Waals surface area contributed by atoms with Gasteiger partial charge < -0.3 is 15.3 Å². The molecule has 0 spiro atoms. The minimum atomic E-state index is -1.01. The molecule has 0 radical (unpaired) electrons. The van der Waals surface area contributed by atoms with Crippen LogP contribution < -0.4 is 5.32 Å². The molecule has 6 nitrogen and oxygen atoms in total. The maximum absolute atomic E-state index is 13.1. The van der Waals surface area contributed by atoms with Gasteiger partial charge in [-0.2, -0.15) is 0 Å². The average Bonchev–Trinajstić information content (AvgIpc) is 3.13. The topological polar surface area (TPSA) is 86.7 Å². The first-order valence-electron chi connectivity index (χ1n) is 12.3. The van der Waals surface area contributed by atoms with Gasteiger partial charge in [0.15, 0.2) is 0 Å². The normalized spacial score (nSPS) is 14.0. The lowest BCUT2D eigenvalue weighted by Crippen LogP contribution is -2.44. The summed E-state index contributed by atoms with van der Waals surface area (Å²) in [5, 5.41) is 12.9. The molecule has 192 valence electrons. The third-order valence-corrected chi connectivity index (χ3v) is 7.03. The van der Waals surface area contributed by atoms with Crippen molar-refractivity contribution in [2.75, 3.05) is 5.32 Å². The highest BCUT2D eigenvalue weighted by Crippen LogP contribution is 2.35. The van der Waals surface area contributed by atoms with Crippen molar-refractivity contribution in [1.82, 2.24) is 4.90 Å². The molecule has 0 fully saturated rings. The second kappa shape index (κ2) is 10.0. The van der Waals surface area contributed by atoms with Gasteiger partial charge in [-0.05, 0) is 58.4 Å². The van der Waals surface area contributed by atoms with E-state index in [9.17, 15) is 19.5 Å². The van der Waals surface area contributed by atoms with Crippen molar-refractivity contribution in [3.05, 3.63) is 87.9 Å². The highest BCUT2D eigenvalue weighted by Gasteiger charge is 2.38. The van der Waals surface area contributed by atoms with E-state index < -0.39 is 12.0 Å². The van der Waals surface area contributed by atoms with Crippen LogP contribution in [0.15, 0.2) is 60.7 Å². The first-order valence-corrected chi connectivity index (χ1v) is 12.6. The molecule has 37 heavy (non-hydrogen) atoms. The molecule has 0 unspecified atom stereocenters. The molecule has 0 saturated carbocycles. The van der Waals surface area contributed by atoms with Gasteiger partial charge in [-0.3, -0.25) is 9.59 Å². The summed E-state index contributed by atoms with van der Waals surface area (Å²) in [5.41, 5.74) is 4.99. The average molecular weight is 519 g/mol. The molecule has 0 bridgehead atoms. The number of halogens is 1. The number of nitrogens with zero attached hydrogens (tertiary/aromatic N) is 1. The third kappa shape index (κ3) is 5.39. The highest BCUT2D eigenvalue weighted by molar-refractivity contribution is 6.33. The molecule has 0 saturated heterocycles. The van der Waals surface area contributed by atoms with Crippen LogP contribution in [0.1, 0.15) is 66.5 Å². The number of nitrogens with one attached hydrogen (secondary N) is 1. The Morgan fingerprint density at radius 2 is 1.65 bits per heavy atom. The number of carbonyl (C=O) groups is 3. The van der Waals surface area contributed by atoms with Crippen molar-refractivity contribution in [2.45, 2.75) is 52.6 Å². The predicted octanol–water partition coefficient (Wildman–Crippen LogP) is 6.62. The van der Waals surface area contributed by atoms with E-state index >= 15 is 0 Å². The van der Waals surface area contributed by atoms with Gasteiger partial charge in [0.2, 0.25) is 0 Å². The van der Waals surface area contributed by atoms with Crippen LogP contribution in [0.4, 0.5) is 5.69 Å². The number of rotatable bonds is 6. The number of fused-ring (bicyclic) bond motifs is 1. The van der Waals surface area contributed by atoms with E-state index in [0.717, 1.165) is 16.7 Å². The van der Waals surface area contributed by atoms with Crippen LogP contribution in [-0.4, -0.2) is 33.8 Å². The standard InChI is InChI=1S/C30H31ClN2O4/c1-17(2)26(29(36)37)33-16-20-7-6-19(14-24(20)28(33)35)23-13-12-22(15-25(23)31)32-27(34)18-8-10-21(11-9-18)30(3,4)5/h6-15,17,26H,16H2,1-5H3,(H,32,34)(H,36,37)/t26-/m0/s1. The van der Waals surface area contributed by atoms with Gasteiger partial charge in [0.05, 0.1) is 5.02 Å². The van der Waals surface area contributed by atoms with Crippen LogP contribution >= 0.6 is 11.6 Å². The Balaban J connectivity index is 1.53. The molecule has 3 aromatic rings. The Morgan fingerprint density at radius 1 is 0.973 bits per heavy atom. The van der Waals surface area contributed by atoms with Crippen molar-refractivity contribution < 1.29 is 19.5 Å². The predicted molar refractivity (Wildman–Crippen MR) is 146 cm³/mol. The van der Waals surface area contributed by atoms with Gasteiger partial charge in [0.1, 0.15) is 6.04 Å². The summed E-state index contributed by atoms with van der Waals surface area (Å²) in [4.78, 5) is 39.0. The van der Waals surface area contributed by atoms with Crippen molar-refractivity contribution in [3.63, 3.8) is 0 Å². The SMILES string of the molecule is CC(C)[C@@H](C(=O)O)N1Cc2ccc(-c3ccc(NC(=O)c4ccc(C(C)(C)C)cc4)cc3Cl)cc2C1=O. The minimum absolute atomic E-state index is 0.00517. The Kier molecular flexibility index (Phi) is 7.16. The summed E-state index contributed by atoms with van der Waals surface area (Å²) in [7, 11) is 0. The van der Waals surface area contributed by atoms with Gasteiger partial charge in [0, 0.05) is 28.9 Å². The molecule has 2 N–H and O–H groups in total. The molecular weight excluding hydrogens is 488 g/mol. The summed E-state index contributed by atoms with van der Waals surface area (Å²) in [5.74, 6) is -1.76. The van der Waals surface area contributed by atoms with Gasteiger partial charge in [0.25, 0.3) is 11.8 Å². The molecule has 0 aliphatic carbocycles. The number of hydrogen-bond donors (Lipinski definition) is 2. The maximum atomic E-state index is 13.1. The fourth-order valence-electron chi connectivity index (χ4n) is 4.65. The summed E-state index contributed by atoms with van der Waals surface area (Å²) < 4.78 is 0. The van der Waals surface area contributed by atoms with E-state index in [-0.39, 0.29) is 29.7 Å². The third-order valence-electron chi connectivity index (χ3n) is 6.71. The number of hydrogen-bond acceptors (Lipinski definition) is 3. The summed E-state index contributed by atoms with van der Waals surface area (Å²) in [6.45, 7) is 10.2. The van der Waals surface area contributed by atoms with Crippen molar-refractivity contribution in [1.29, 1.82) is 0 Å². The second-order valence-electron chi connectivity index (χ2n) is 10.8. The molecule has 1 aliphatic rings. The van der Waals surface area contributed by atoms with Crippen LogP contribution in [0.2, 0.25) is 5.02 Å². The fraction of sp³-hybridized carbons (Fsp3) is 0.300. The lowest BCUT2D eigenvalue weighted by atomic mass is 9.87. The maximum Gasteiger partial charge on any atom is 0.326 e. The number of anilines is 1. The van der Waals surface area contributed by atoms with Gasteiger partial charge >= 0.3 is 5.97 Å². The Bertz CT molecular complexity index is 1370. The first-order chi connectivity index (χ1) is 17.4. The summed E-state index contributed by atoms with van der Waals surface area (Å²) in [6.07, 6.45) is 0. The number of carboxylic acids is 1. The van der Waals surface area contributed by atoms with Crippen LogP contribution in [-0.2, 0) is 16.8 Å². The lowest BCUT2D eigenvalue weighted by molar-refractivity contribution is -0.144. The number of amides is 2.